The van der Waals surface area contributed by atoms with E-state index in [4.69, 9.17) is 0 Å². The van der Waals surface area contributed by atoms with Crippen LogP contribution in [0.4, 0.5) is 4.39 Å². The Bertz CT molecular complexity index is 351. The lowest BCUT2D eigenvalue weighted by atomic mass is 9.97. The topological polar surface area (TPSA) is 24.9 Å². The maximum atomic E-state index is 13.4. The lowest BCUT2D eigenvalue weighted by molar-refractivity contribution is 0.487. The first kappa shape index (κ1) is 7.44. The van der Waals surface area contributed by atoms with Crippen LogP contribution >= 0.6 is 0 Å². The van der Waals surface area contributed by atoms with Gasteiger partial charge in [-0.1, -0.05) is 0 Å². The van der Waals surface area contributed by atoms with E-state index in [0.717, 1.165) is 24.0 Å². The molecular formula is C10H11FN2. The van der Waals surface area contributed by atoms with Crippen LogP contribution in [0.3, 0.4) is 0 Å². The van der Waals surface area contributed by atoms with Crippen LogP contribution in [0.15, 0.2) is 12.4 Å². The van der Waals surface area contributed by atoms with E-state index in [1.54, 1.807) is 6.20 Å². The second-order valence-electron chi connectivity index (χ2n) is 3.89. The maximum Gasteiger partial charge on any atom is 0.145 e. The summed E-state index contributed by atoms with van der Waals surface area (Å²) in [5.41, 5.74) is 1.97. The van der Waals surface area contributed by atoms with E-state index >= 15 is 0 Å². The highest BCUT2D eigenvalue weighted by molar-refractivity contribution is 5.33. The Morgan fingerprint density at radius 1 is 1.38 bits per heavy atom. The molecule has 0 radical (unpaired) electrons. The minimum Gasteiger partial charge on any atom is -0.307 e. The predicted octanol–water partition coefficient (Wildman–Crippen LogP) is 1.57. The molecule has 0 saturated carbocycles. The van der Waals surface area contributed by atoms with Gasteiger partial charge in [0.05, 0.1) is 6.20 Å². The van der Waals surface area contributed by atoms with E-state index in [1.807, 2.05) is 0 Å². The lowest BCUT2D eigenvalue weighted by Gasteiger charge is -2.24. The zero-order chi connectivity index (χ0) is 8.84. The fourth-order valence-electron chi connectivity index (χ4n) is 2.46. The number of rotatable bonds is 0. The zero-order valence-electron chi connectivity index (χ0n) is 7.26. The first-order valence-electron chi connectivity index (χ1n) is 4.73. The highest BCUT2D eigenvalue weighted by Gasteiger charge is 2.33. The van der Waals surface area contributed by atoms with Gasteiger partial charge in [0.25, 0.3) is 0 Å². The molecule has 0 aliphatic carbocycles. The van der Waals surface area contributed by atoms with Crippen molar-refractivity contribution >= 4 is 0 Å². The fourth-order valence-corrected chi connectivity index (χ4v) is 2.46. The molecule has 0 aromatic carbocycles. The van der Waals surface area contributed by atoms with Crippen molar-refractivity contribution in [2.45, 2.75) is 31.3 Å². The molecular weight excluding hydrogens is 167 g/mol. The lowest BCUT2D eigenvalue weighted by Crippen LogP contribution is -2.32. The van der Waals surface area contributed by atoms with E-state index in [9.17, 15) is 4.39 Å². The average Bonchev–Trinajstić information content (AvgIpc) is 2.51. The Morgan fingerprint density at radius 3 is 3.23 bits per heavy atom. The van der Waals surface area contributed by atoms with E-state index in [0.29, 0.717) is 12.1 Å². The molecule has 68 valence electrons. The van der Waals surface area contributed by atoms with Gasteiger partial charge in [-0.25, -0.2) is 4.39 Å². The van der Waals surface area contributed by atoms with Crippen molar-refractivity contribution in [3.05, 3.63) is 29.3 Å². The van der Waals surface area contributed by atoms with Crippen LogP contribution in [-0.4, -0.2) is 11.0 Å². The summed E-state index contributed by atoms with van der Waals surface area (Å²) in [4.78, 5) is 3.90. The summed E-state index contributed by atoms with van der Waals surface area (Å²) in [6, 6.07) is 0.853. The summed E-state index contributed by atoms with van der Waals surface area (Å²) in [5, 5.41) is 3.47. The second kappa shape index (κ2) is 2.51. The van der Waals surface area contributed by atoms with Crippen LogP contribution in [0, 0.1) is 5.82 Å². The highest BCUT2D eigenvalue weighted by Crippen LogP contribution is 2.35. The number of aromatic nitrogens is 1. The van der Waals surface area contributed by atoms with Crippen LogP contribution in [-0.2, 0) is 6.42 Å². The van der Waals surface area contributed by atoms with Crippen molar-refractivity contribution in [2.75, 3.05) is 0 Å². The van der Waals surface area contributed by atoms with E-state index in [-0.39, 0.29) is 5.82 Å². The molecule has 2 aliphatic heterocycles. The van der Waals surface area contributed by atoms with Crippen molar-refractivity contribution in [3.63, 3.8) is 0 Å². The molecule has 2 bridgehead atoms. The van der Waals surface area contributed by atoms with Gasteiger partial charge in [-0.2, -0.15) is 0 Å². The standard InChI is InChI=1S/C10H11FN2/c11-9-5-12-4-8-7(9)3-6-1-2-10(8)13-6/h4-6,10,13H,1-3H2/t6-,10+/m0/s1. The van der Waals surface area contributed by atoms with Crippen molar-refractivity contribution in [3.8, 4) is 0 Å². The van der Waals surface area contributed by atoms with Gasteiger partial charge in [-0.3, -0.25) is 4.98 Å². The maximum absolute atomic E-state index is 13.4. The summed E-state index contributed by atoms with van der Waals surface area (Å²) in [6.07, 6.45) is 6.25. The Labute approximate surface area is 76.2 Å². The SMILES string of the molecule is Fc1cncc2c1C[C@@H]1CC[C@H]2N1. The number of hydrogen-bond donors (Lipinski definition) is 1. The third-order valence-corrected chi connectivity index (χ3v) is 3.10. The Balaban J connectivity index is 2.16. The zero-order valence-corrected chi connectivity index (χ0v) is 7.26. The van der Waals surface area contributed by atoms with Crippen LogP contribution in [0.2, 0.25) is 0 Å². The Hall–Kier alpha value is -0.960. The van der Waals surface area contributed by atoms with Crippen molar-refractivity contribution < 1.29 is 4.39 Å². The normalized spacial score (nSPS) is 30.2. The summed E-state index contributed by atoms with van der Waals surface area (Å²) in [5.74, 6) is -0.129. The smallest absolute Gasteiger partial charge is 0.145 e. The van der Waals surface area contributed by atoms with Crippen molar-refractivity contribution in [2.24, 2.45) is 0 Å². The molecule has 2 atom stereocenters. The number of nitrogens with zero attached hydrogens (tertiary/aromatic N) is 1. The molecule has 3 rings (SSSR count). The van der Waals surface area contributed by atoms with Crippen LogP contribution < -0.4 is 5.32 Å². The van der Waals surface area contributed by atoms with Gasteiger partial charge in [-0.05, 0) is 30.4 Å². The van der Waals surface area contributed by atoms with Crippen molar-refractivity contribution in [1.82, 2.24) is 10.3 Å². The fraction of sp³-hybridized carbons (Fsp3) is 0.500. The third-order valence-electron chi connectivity index (χ3n) is 3.10. The molecule has 0 unspecified atom stereocenters. The molecule has 1 fully saturated rings. The summed E-state index contributed by atoms with van der Waals surface area (Å²) >= 11 is 0. The molecule has 0 amide bonds. The first-order valence-corrected chi connectivity index (χ1v) is 4.73. The second-order valence-corrected chi connectivity index (χ2v) is 3.89. The molecule has 0 spiro atoms. The third kappa shape index (κ3) is 1.000. The molecule has 1 aromatic heterocycles. The quantitative estimate of drug-likeness (QED) is 0.652. The number of nitrogens with one attached hydrogen (secondary N) is 1. The minimum atomic E-state index is -0.129. The first-order chi connectivity index (χ1) is 6.34. The number of pyridine rings is 1. The number of fused-ring (bicyclic) bond motifs is 4. The van der Waals surface area contributed by atoms with E-state index < -0.39 is 0 Å². The van der Waals surface area contributed by atoms with E-state index in [1.165, 1.54) is 12.6 Å². The van der Waals surface area contributed by atoms with Gasteiger partial charge in [0.2, 0.25) is 0 Å². The average molecular weight is 178 g/mol. The number of hydrogen-bond acceptors (Lipinski definition) is 2. The van der Waals surface area contributed by atoms with Crippen molar-refractivity contribution in [1.29, 1.82) is 0 Å². The highest BCUT2D eigenvalue weighted by atomic mass is 19.1. The Morgan fingerprint density at radius 2 is 2.31 bits per heavy atom. The molecule has 1 saturated heterocycles. The van der Waals surface area contributed by atoms with E-state index in [2.05, 4.69) is 10.3 Å². The summed E-state index contributed by atoms with van der Waals surface area (Å²) < 4.78 is 13.4. The molecule has 3 heteroatoms. The van der Waals surface area contributed by atoms with Crippen LogP contribution in [0.1, 0.15) is 30.0 Å². The van der Waals surface area contributed by atoms with Gasteiger partial charge < -0.3 is 5.32 Å². The molecule has 2 aliphatic rings. The molecule has 13 heavy (non-hydrogen) atoms. The molecule has 1 N–H and O–H groups in total. The largest absolute Gasteiger partial charge is 0.307 e. The monoisotopic (exact) mass is 178 g/mol. The van der Waals surface area contributed by atoms with Crippen LogP contribution in [0.5, 0.6) is 0 Å². The van der Waals surface area contributed by atoms with Gasteiger partial charge in [0.1, 0.15) is 5.82 Å². The van der Waals surface area contributed by atoms with Gasteiger partial charge in [0.15, 0.2) is 0 Å². The molecule has 3 heterocycles. The Kier molecular flexibility index (Phi) is 1.44. The molecule has 2 nitrogen and oxygen atoms in total. The predicted molar refractivity (Wildman–Crippen MR) is 46.8 cm³/mol. The van der Waals surface area contributed by atoms with Gasteiger partial charge in [-0.15, -0.1) is 0 Å². The minimum absolute atomic E-state index is 0.129. The summed E-state index contributed by atoms with van der Waals surface area (Å²) in [6.45, 7) is 0. The number of halogens is 1. The molecule has 1 aromatic rings. The summed E-state index contributed by atoms with van der Waals surface area (Å²) in [7, 11) is 0. The van der Waals surface area contributed by atoms with Gasteiger partial charge >= 0.3 is 0 Å². The van der Waals surface area contributed by atoms with Crippen LogP contribution in [0.25, 0.3) is 0 Å². The van der Waals surface area contributed by atoms with Gasteiger partial charge in [0, 0.05) is 18.3 Å².